The molecule has 0 unspecified atom stereocenters. The molecule has 0 spiro atoms. The van der Waals surface area contributed by atoms with E-state index < -0.39 is 5.97 Å². The number of piperidine rings is 1. The Bertz CT molecular complexity index is 245. The van der Waals surface area contributed by atoms with Gasteiger partial charge in [0.1, 0.15) is 0 Å². The van der Waals surface area contributed by atoms with Gasteiger partial charge in [-0.1, -0.05) is 6.92 Å². The Morgan fingerprint density at radius 2 is 2.20 bits per heavy atom. The highest BCUT2D eigenvalue weighted by atomic mass is 32.2. The SMILES string of the molecule is C[C@@H]1CCCN(C(=O)CSCC(=O)O)C1. The summed E-state index contributed by atoms with van der Waals surface area (Å²) in [6, 6.07) is 0. The van der Waals surface area contributed by atoms with Crippen LogP contribution >= 0.6 is 11.8 Å². The molecule has 1 saturated heterocycles. The number of hydrogen-bond acceptors (Lipinski definition) is 3. The molecule has 0 radical (unpaired) electrons. The molecule has 0 aromatic carbocycles. The summed E-state index contributed by atoms with van der Waals surface area (Å²) in [7, 11) is 0. The second-order valence-electron chi connectivity index (χ2n) is 3.97. The van der Waals surface area contributed by atoms with Crippen molar-refractivity contribution in [3.8, 4) is 0 Å². The van der Waals surface area contributed by atoms with E-state index in [4.69, 9.17) is 5.11 Å². The van der Waals surface area contributed by atoms with Crippen molar-refractivity contribution in [3.05, 3.63) is 0 Å². The highest BCUT2D eigenvalue weighted by molar-refractivity contribution is 8.00. The van der Waals surface area contributed by atoms with Gasteiger partial charge in [0.25, 0.3) is 0 Å². The lowest BCUT2D eigenvalue weighted by Crippen LogP contribution is -2.40. The van der Waals surface area contributed by atoms with Gasteiger partial charge in [-0.05, 0) is 18.8 Å². The van der Waals surface area contributed by atoms with E-state index in [9.17, 15) is 9.59 Å². The van der Waals surface area contributed by atoms with E-state index in [0.29, 0.717) is 11.7 Å². The van der Waals surface area contributed by atoms with Gasteiger partial charge in [-0.25, -0.2) is 0 Å². The molecule has 1 heterocycles. The number of thioether (sulfide) groups is 1. The molecule has 5 heteroatoms. The highest BCUT2D eigenvalue weighted by Crippen LogP contribution is 2.16. The van der Waals surface area contributed by atoms with E-state index in [1.807, 2.05) is 4.90 Å². The number of nitrogens with zero attached hydrogens (tertiary/aromatic N) is 1. The van der Waals surface area contributed by atoms with Gasteiger partial charge in [0.05, 0.1) is 11.5 Å². The number of carboxylic acid groups (broad SMARTS) is 1. The number of carbonyl (C=O) groups is 2. The van der Waals surface area contributed by atoms with Crippen molar-refractivity contribution in [3.63, 3.8) is 0 Å². The predicted octanol–water partition coefficient (Wildman–Crippen LogP) is 1.06. The molecule has 1 aliphatic heterocycles. The summed E-state index contributed by atoms with van der Waals surface area (Å²) in [5.74, 6) is 0.0912. The molecule has 1 atom stereocenters. The average molecular weight is 231 g/mol. The summed E-state index contributed by atoms with van der Waals surface area (Å²) in [5.41, 5.74) is 0. The van der Waals surface area contributed by atoms with Crippen LogP contribution in [-0.4, -0.2) is 46.5 Å². The Balaban J connectivity index is 2.24. The molecule has 0 saturated carbocycles. The van der Waals surface area contributed by atoms with Crippen LogP contribution in [0.5, 0.6) is 0 Å². The first kappa shape index (κ1) is 12.4. The maximum Gasteiger partial charge on any atom is 0.313 e. The smallest absolute Gasteiger partial charge is 0.313 e. The third-order valence-electron chi connectivity index (χ3n) is 2.46. The molecule has 1 fully saturated rings. The lowest BCUT2D eigenvalue weighted by molar-refractivity contribution is -0.133. The molecular weight excluding hydrogens is 214 g/mol. The fourth-order valence-electron chi connectivity index (χ4n) is 1.73. The number of aliphatic carboxylic acids is 1. The summed E-state index contributed by atoms with van der Waals surface area (Å²) >= 11 is 1.17. The minimum atomic E-state index is -0.861. The minimum Gasteiger partial charge on any atom is -0.481 e. The molecule has 0 aliphatic carbocycles. The first-order valence-corrected chi connectivity index (χ1v) is 6.32. The topological polar surface area (TPSA) is 57.6 Å². The van der Waals surface area contributed by atoms with Gasteiger partial charge in [-0.15, -0.1) is 11.8 Å². The number of hydrogen-bond donors (Lipinski definition) is 1. The van der Waals surface area contributed by atoms with Crippen LogP contribution in [0.15, 0.2) is 0 Å². The van der Waals surface area contributed by atoms with E-state index >= 15 is 0 Å². The van der Waals surface area contributed by atoms with Crippen LogP contribution in [0.25, 0.3) is 0 Å². The van der Waals surface area contributed by atoms with Crippen molar-refractivity contribution in [1.29, 1.82) is 0 Å². The second-order valence-corrected chi connectivity index (χ2v) is 4.96. The van der Waals surface area contributed by atoms with Crippen LogP contribution in [0.2, 0.25) is 0 Å². The van der Waals surface area contributed by atoms with Crippen LogP contribution in [-0.2, 0) is 9.59 Å². The fraction of sp³-hybridized carbons (Fsp3) is 0.800. The average Bonchev–Trinajstić information content (AvgIpc) is 2.17. The molecule has 1 amide bonds. The Kier molecular flexibility index (Phi) is 4.94. The predicted molar refractivity (Wildman–Crippen MR) is 59.9 cm³/mol. The third kappa shape index (κ3) is 4.55. The molecule has 4 nitrogen and oxygen atoms in total. The Morgan fingerprint density at radius 1 is 1.47 bits per heavy atom. The number of carbonyl (C=O) groups excluding carboxylic acids is 1. The molecular formula is C10H17NO3S. The van der Waals surface area contributed by atoms with Crippen molar-refractivity contribution in [2.75, 3.05) is 24.6 Å². The number of rotatable bonds is 4. The van der Waals surface area contributed by atoms with Crippen molar-refractivity contribution in [1.82, 2.24) is 4.90 Å². The zero-order valence-electron chi connectivity index (χ0n) is 8.94. The van der Waals surface area contributed by atoms with Crippen LogP contribution in [0.3, 0.4) is 0 Å². The highest BCUT2D eigenvalue weighted by Gasteiger charge is 2.20. The molecule has 15 heavy (non-hydrogen) atoms. The molecule has 86 valence electrons. The molecule has 0 aromatic rings. The monoisotopic (exact) mass is 231 g/mol. The van der Waals surface area contributed by atoms with Gasteiger partial charge in [0, 0.05) is 13.1 Å². The molecule has 1 aliphatic rings. The van der Waals surface area contributed by atoms with E-state index in [2.05, 4.69) is 6.92 Å². The Labute approximate surface area is 94.0 Å². The van der Waals surface area contributed by atoms with Crippen LogP contribution in [0.1, 0.15) is 19.8 Å². The maximum absolute atomic E-state index is 11.6. The van der Waals surface area contributed by atoms with Gasteiger partial charge in [0.2, 0.25) is 5.91 Å². The molecule has 0 bridgehead atoms. The number of carboxylic acids is 1. The first-order chi connectivity index (χ1) is 7.09. The number of amides is 1. The van der Waals surface area contributed by atoms with Crippen LogP contribution in [0.4, 0.5) is 0 Å². The summed E-state index contributed by atoms with van der Waals surface area (Å²) < 4.78 is 0. The largest absolute Gasteiger partial charge is 0.481 e. The third-order valence-corrected chi connectivity index (χ3v) is 3.36. The normalized spacial score (nSPS) is 21.4. The van der Waals surface area contributed by atoms with Gasteiger partial charge in [0.15, 0.2) is 0 Å². The second kappa shape index (κ2) is 6.00. The summed E-state index contributed by atoms with van der Waals surface area (Å²) in [6.45, 7) is 3.80. The number of likely N-dealkylation sites (tertiary alicyclic amines) is 1. The van der Waals surface area contributed by atoms with Crippen LogP contribution in [0, 0.1) is 5.92 Å². The lowest BCUT2D eigenvalue weighted by atomic mass is 10.0. The Hall–Kier alpha value is -0.710. The molecule has 1 N–H and O–H groups in total. The quantitative estimate of drug-likeness (QED) is 0.786. The van der Waals surface area contributed by atoms with Crippen molar-refractivity contribution >= 4 is 23.6 Å². The van der Waals surface area contributed by atoms with E-state index in [0.717, 1.165) is 19.5 Å². The summed E-state index contributed by atoms with van der Waals surface area (Å²) in [6.07, 6.45) is 2.25. The standard InChI is InChI=1S/C10H17NO3S/c1-8-3-2-4-11(5-8)9(12)6-15-7-10(13)14/h8H,2-7H2,1H3,(H,13,14)/t8-/m1/s1. The van der Waals surface area contributed by atoms with E-state index in [1.54, 1.807) is 0 Å². The Morgan fingerprint density at radius 3 is 2.80 bits per heavy atom. The van der Waals surface area contributed by atoms with Gasteiger partial charge < -0.3 is 10.0 Å². The fourth-order valence-corrected chi connectivity index (χ4v) is 2.37. The van der Waals surface area contributed by atoms with Crippen LogP contribution < -0.4 is 0 Å². The van der Waals surface area contributed by atoms with Crippen molar-refractivity contribution in [2.24, 2.45) is 5.92 Å². The van der Waals surface area contributed by atoms with Gasteiger partial charge in [-0.3, -0.25) is 9.59 Å². The van der Waals surface area contributed by atoms with Crippen molar-refractivity contribution < 1.29 is 14.7 Å². The van der Waals surface area contributed by atoms with Gasteiger partial charge in [-0.2, -0.15) is 0 Å². The molecule has 1 rings (SSSR count). The summed E-state index contributed by atoms with van der Waals surface area (Å²) in [4.78, 5) is 23.8. The maximum atomic E-state index is 11.6. The first-order valence-electron chi connectivity index (χ1n) is 5.17. The zero-order chi connectivity index (χ0) is 11.3. The van der Waals surface area contributed by atoms with Gasteiger partial charge >= 0.3 is 5.97 Å². The van der Waals surface area contributed by atoms with E-state index in [-0.39, 0.29) is 11.7 Å². The van der Waals surface area contributed by atoms with E-state index in [1.165, 1.54) is 18.2 Å². The minimum absolute atomic E-state index is 0.00906. The molecule has 0 aromatic heterocycles. The summed E-state index contributed by atoms with van der Waals surface area (Å²) in [5, 5.41) is 8.43. The van der Waals surface area contributed by atoms with Crippen molar-refractivity contribution in [2.45, 2.75) is 19.8 Å². The zero-order valence-corrected chi connectivity index (χ0v) is 9.76. The lowest BCUT2D eigenvalue weighted by Gasteiger charge is -2.30.